The molecule has 1 aromatic carbocycles. The molecule has 0 spiro atoms. The van der Waals surface area contributed by atoms with E-state index >= 15 is 0 Å². The number of carbonyl (C=O) groups is 2. The van der Waals surface area contributed by atoms with Crippen LogP contribution < -0.4 is 5.32 Å². The van der Waals surface area contributed by atoms with Gasteiger partial charge in [0.05, 0.1) is 25.2 Å². The predicted octanol–water partition coefficient (Wildman–Crippen LogP) is 5.33. The lowest BCUT2D eigenvalue weighted by atomic mass is 9.88. The molecule has 0 saturated carbocycles. The average Bonchev–Trinajstić information content (AvgIpc) is 3.37. The van der Waals surface area contributed by atoms with Crippen molar-refractivity contribution in [2.24, 2.45) is 5.92 Å². The topological polar surface area (TPSA) is 77.7 Å². The maximum absolute atomic E-state index is 13.1. The lowest BCUT2D eigenvalue weighted by molar-refractivity contribution is -0.129. The molecular formula is C30H48N4O3. The van der Waals surface area contributed by atoms with E-state index in [2.05, 4.69) is 40.9 Å². The van der Waals surface area contributed by atoms with E-state index in [4.69, 9.17) is 4.74 Å². The van der Waals surface area contributed by atoms with Gasteiger partial charge in [0.25, 0.3) is 0 Å². The van der Waals surface area contributed by atoms with Crippen LogP contribution in [0.15, 0.2) is 55.3 Å². The third-order valence-corrected chi connectivity index (χ3v) is 6.21. The van der Waals surface area contributed by atoms with Gasteiger partial charge in [0, 0.05) is 49.3 Å². The van der Waals surface area contributed by atoms with Gasteiger partial charge in [-0.15, -0.1) is 6.58 Å². The minimum atomic E-state index is -0.416. The maximum atomic E-state index is 13.1. The fraction of sp³-hybridized carbons (Fsp3) is 0.533. The third kappa shape index (κ3) is 10.5. The van der Waals surface area contributed by atoms with E-state index in [0.29, 0.717) is 13.0 Å². The number of amides is 2. The highest BCUT2D eigenvalue weighted by atomic mass is 16.5. The number of fused-ring (bicyclic) bond motifs is 1. The molecule has 1 aliphatic rings. The SMILES string of the molecule is C/C=C\CC.C=CCC(C(=O)NCCCN1CCOCC1)C(c1c[nH]c2ccccc12)N(C)C=O.CC. The molecule has 1 fully saturated rings. The summed E-state index contributed by atoms with van der Waals surface area (Å²) in [6.07, 6.45) is 11.1. The molecule has 1 saturated heterocycles. The van der Waals surface area contributed by atoms with E-state index in [1.807, 2.05) is 51.2 Å². The molecule has 1 aromatic heterocycles. The highest BCUT2D eigenvalue weighted by Crippen LogP contribution is 2.34. The molecule has 7 heteroatoms. The Morgan fingerprint density at radius 3 is 2.57 bits per heavy atom. The number of aromatic amines is 1. The summed E-state index contributed by atoms with van der Waals surface area (Å²) in [5, 5.41) is 4.10. The number of hydrogen-bond acceptors (Lipinski definition) is 4. The minimum Gasteiger partial charge on any atom is -0.379 e. The molecule has 0 radical (unpaired) electrons. The molecule has 2 unspecified atom stereocenters. The Morgan fingerprint density at radius 1 is 1.27 bits per heavy atom. The molecule has 2 atom stereocenters. The number of H-pyrrole nitrogens is 1. The number of nitrogens with one attached hydrogen (secondary N) is 2. The molecule has 2 heterocycles. The van der Waals surface area contributed by atoms with Crippen molar-refractivity contribution in [3.05, 3.63) is 60.8 Å². The summed E-state index contributed by atoms with van der Waals surface area (Å²) in [6, 6.07) is 7.55. The van der Waals surface area contributed by atoms with Crippen LogP contribution in [0.3, 0.4) is 0 Å². The van der Waals surface area contributed by atoms with Gasteiger partial charge in [0.2, 0.25) is 12.3 Å². The molecule has 3 rings (SSSR count). The second kappa shape index (κ2) is 19.2. The highest BCUT2D eigenvalue weighted by molar-refractivity contribution is 5.86. The maximum Gasteiger partial charge on any atom is 0.225 e. The number of nitrogens with zero attached hydrogens (tertiary/aromatic N) is 2. The van der Waals surface area contributed by atoms with E-state index < -0.39 is 5.92 Å². The Morgan fingerprint density at radius 2 is 1.97 bits per heavy atom. The molecule has 0 bridgehead atoms. The lowest BCUT2D eigenvalue weighted by Gasteiger charge is -2.31. The van der Waals surface area contributed by atoms with Gasteiger partial charge >= 0.3 is 0 Å². The summed E-state index contributed by atoms with van der Waals surface area (Å²) in [5.41, 5.74) is 1.93. The van der Waals surface area contributed by atoms with E-state index in [-0.39, 0.29) is 11.9 Å². The second-order valence-corrected chi connectivity index (χ2v) is 8.71. The molecular weight excluding hydrogens is 464 g/mol. The number of ether oxygens (including phenoxy) is 1. The smallest absolute Gasteiger partial charge is 0.225 e. The average molecular weight is 513 g/mol. The van der Waals surface area contributed by atoms with Crippen molar-refractivity contribution in [2.75, 3.05) is 46.4 Å². The lowest BCUT2D eigenvalue weighted by Crippen LogP contribution is -2.41. The van der Waals surface area contributed by atoms with Gasteiger partial charge in [-0.05, 0) is 38.8 Å². The Labute approximate surface area is 223 Å². The van der Waals surface area contributed by atoms with Gasteiger partial charge in [0.15, 0.2) is 0 Å². The zero-order chi connectivity index (χ0) is 27.5. The molecule has 2 amide bonds. The number of morpholine rings is 1. The molecule has 206 valence electrons. The van der Waals surface area contributed by atoms with Crippen LogP contribution >= 0.6 is 0 Å². The fourth-order valence-corrected chi connectivity index (χ4v) is 4.39. The Bertz CT molecular complexity index is 934. The number of para-hydroxylation sites is 1. The molecule has 1 aliphatic heterocycles. The number of hydrogen-bond donors (Lipinski definition) is 2. The number of allylic oxidation sites excluding steroid dienone is 3. The van der Waals surface area contributed by atoms with Crippen LogP contribution in [0, 0.1) is 5.92 Å². The van der Waals surface area contributed by atoms with E-state index in [1.165, 1.54) is 0 Å². The number of carbonyl (C=O) groups excluding carboxylic acids is 2. The van der Waals surface area contributed by atoms with Crippen molar-refractivity contribution in [1.82, 2.24) is 20.1 Å². The van der Waals surface area contributed by atoms with Crippen LogP contribution in [0.2, 0.25) is 0 Å². The van der Waals surface area contributed by atoms with Crippen LogP contribution in [0.5, 0.6) is 0 Å². The van der Waals surface area contributed by atoms with Crippen LogP contribution in [0.4, 0.5) is 0 Å². The van der Waals surface area contributed by atoms with Gasteiger partial charge in [0.1, 0.15) is 0 Å². The third-order valence-electron chi connectivity index (χ3n) is 6.21. The van der Waals surface area contributed by atoms with Crippen molar-refractivity contribution in [1.29, 1.82) is 0 Å². The molecule has 0 aliphatic carbocycles. The first-order valence-corrected chi connectivity index (χ1v) is 13.6. The largest absolute Gasteiger partial charge is 0.379 e. The fourth-order valence-electron chi connectivity index (χ4n) is 4.39. The number of benzene rings is 1. The molecule has 37 heavy (non-hydrogen) atoms. The van der Waals surface area contributed by atoms with Crippen LogP contribution in [0.1, 0.15) is 58.6 Å². The summed E-state index contributed by atoms with van der Waals surface area (Å²) in [7, 11) is 1.72. The summed E-state index contributed by atoms with van der Waals surface area (Å²) in [5.74, 6) is -0.471. The first kappa shape index (κ1) is 32.1. The van der Waals surface area contributed by atoms with E-state index in [9.17, 15) is 9.59 Å². The minimum absolute atomic E-state index is 0.0548. The Kier molecular flexibility index (Phi) is 16.7. The van der Waals surface area contributed by atoms with Crippen molar-refractivity contribution in [3.8, 4) is 0 Å². The predicted molar refractivity (Wildman–Crippen MR) is 155 cm³/mol. The second-order valence-electron chi connectivity index (χ2n) is 8.71. The normalized spacial score (nSPS) is 15.1. The van der Waals surface area contributed by atoms with Gasteiger partial charge in [-0.2, -0.15) is 0 Å². The van der Waals surface area contributed by atoms with E-state index in [1.54, 1.807) is 18.0 Å². The summed E-state index contributed by atoms with van der Waals surface area (Å²) >= 11 is 0. The zero-order valence-corrected chi connectivity index (χ0v) is 23.5. The van der Waals surface area contributed by atoms with Crippen LogP contribution in [-0.4, -0.2) is 73.5 Å². The Balaban J connectivity index is 0.000000874. The van der Waals surface area contributed by atoms with Crippen molar-refractivity contribution in [3.63, 3.8) is 0 Å². The monoisotopic (exact) mass is 512 g/mol. The van der Waals surface area contributed by atoms with Crippen molar-refractivity contribution < 1.29 is 14.3 Å². The summed E-state index contributed by atoms with van der Waals surface area (Å²) in [4.78, 5) is 32.0. The Hall–Kier alpha value is -2.90. The first-order valence-electron chi connectivity index (χ1n) is 13.6. The zero-order valence-electron chi connectivity index (χ0n) is 23.5. The van der Waals surface area contributed by atoms with Gasteiger partial charge in [-0.1, -0.05) is 57.2 Å². The first-order chi connectivity index (χ1) is 18.1. The number of aromatic nitrogens is 1. The quantitative estimate of drug-likeness (QED) is 0.229. The number of rotatable bonds is 12. The molecule has 2 N–H and O–H groups in total. The van der Waals surface area contributed by atoms with Crippen molar-refractivity contribution in [2.45, 2.75) is 53.0 Å². The highest BCUT2D eigenvalue weighted by Gasteiger charge is 2.33. The standard InChI is InChI=1S/C23H32N4O3.C5H10.C2H6/c1-3-7-19(23(29)24-10-6-11-27-12-14-30-15-13-27)22(26(2)17-28)20-16-25-21-9-5-4-8-18(20)21;1-3-5-4-2;1-2/h3-5,8-9,16-17,19,22,25H,1,6-7,10-15H2,2H3,(H,24,29);3,5H,4H2,1-2H3;1-2H3/b;5-3-;. The molecule has 7 nitrogen and oxygen atoms in total. The van der Waals surface area contributed by atoms with E-state index in [0.717, 1.165) is 68.6 Å². The molecule has 2 aromatic rings. The van der Waals surface area contributed by atoms with Gasteiger partial charge in [-0.3, -0.25) is 14.5 Å². The summed E-state index contributed by atoms with van der Waals surface area (Å²) < 4.78 is 5.37. The van der Waals surface area contributed by atoms with Crippen LogP contribution in [0.25, 0.3) is 10.9 Å². The summed E-state index contributed by atoms with van der Waals surface area (Å²) in [6.45, 7) is 17.0. The van der Waals surface area contributed by atoms with Gasteiger partial charge in [-0.25, -0.2) is 0 Å². The van der Waals surface area contributed by atoms with Crippen molar-refractivity contribution >= 4 is 23.2 Å². The van der Waals surface area contributed by atoms with Crippen LogP contribution in [-0.2, 0) is 14.3 Å². The van der Waals surface area contributed by atoms with Gasteiger partial charge < -0.3 is 19.9 Å².